The van der Waals surface area contributed by atoms with Gasteiger partial charge in [-0.1, -0.05) is 12.1 Å². The Labute approximate surface area is 142 Å². The molecule has 132 valence electrons. The fourth-order valence-electron chi connectivity index (χ4n) is 2.53. The van der Waals surface area contributed by atoms with E-state index in [1.165, 1.54) is 12.1 Å². The van der Waals surface area contributed by atoms with Gasteiger partial charge in [-0.05, 0) is 44.9 Å². The average Bonchev–Trinajstić information content (AvgIpc) is 2.52. The summed E-state index contributed by atoms with van der Waals surface area (Å²) in [6.45, 7) is 7.50. The minimum absolute atomic E-state index is 0.0585. The van der Waals surface area contributed by atoms with Gasteiger partial charge in [0.2, 0.25) is 5.91 Å². The van der Waals surface area contributed by atoms with Gasteiger partial charge in [0.15, 0.2) is 0 Å². The highest BCUT2D eigenvalue weighted by atomic mass is 19.1. The first kappa shape index (κ1) is 18.2. The van der Waals surface area contributed by atoms with E-state index in [4.69, 9.17) is 4.74 Å². The molecule has 6 heteroatoms. The third-order valence-corrected chi connectivity index (χ3v) is 3.82. The van der Waals surface area contributed by atoms with Gasteiger partial charge in [0, 0.05) is 32.6 Å². The lowest BCUT2D eigenvalue weighted by molar-refractivity contribution is -0.132. The zero-order valence-electron chi connectivity index (χ0n) is 14.5. The predicted molar refractivity (Wildman–Crippen MR) is 89.1 cm³/mol. The highest BCUT2D eigenvalue weighted by Gasteiger charge is 2.27. The van der Waals surface area contributed by atoms with Gasteiger partial charge in [-0.15, -0.1) is 0 Å². The van der Waals surface area contributed by atoms with E-state index >= 15 is 0 Å². The van der Waals surface area contributed by atoms with Crippen molar-refractivity contribution in [3.05, 3.63) is 35.6 Å². The number of hydrogen-bond donors (Lipinski definition) is 0. The van der Waals surface area contributed by atoms with Crippen molar-refractivity contribution in [2.75, 3.05) is 26.2 Å². The average molecular weight is 336 g/mol. The van der Waals surface area contributed by atoms with Gasteiger partial charge in [0.1, 0.15) is 11.4 Å². The number of halogens is 1. The molecular formula is C18H25FN2O3. The quantitative estimate of drug-likeness (QED) is 0.853. The van der Waals surface area contributed by atoms with Crippen LogP contribution in [0, 0.1) is 5.82 Å². The van der Waals surface area contributed by atoms with Crippen molar-refractivity contribution in [3.63, 3.8) is 0 Å². The van der Waals surface area contributed by atoms with Crippen LogP contribution in [0.2, 0.25) is 0 Å². The van der Waals surface area contributed by atoms with Crippen LogP contribution < -0.4 is 0 Å². The number of nitrogens with zero attached hydrogens (tertiary/aromatic N) is 2. The molecule has 0 saturated carbocycles. The second-order valence-corrected chi connectivity index (χ2v) is 6.97. The summed E-state index contributed by atoms with van der Waals surface area (Å²) in [5, 5.41) is 0. The molecule has 1 heterocycles. The Morgan fingerprint density at radius 2 is 1.58 bits per heavy atom. The smallest absolute Gasteiger partial charge is 0.410 e. The van der Waals surface area contributed by atoms with Gasteiger partial charge in [0.25, 0.3) is 0 Å². The highest BCUT2D eigenvalue weighted by Crippen LogP contribution is 2.13. The lowest BCUT2D eigenvalue weighted by Crippen LogP contribution is -2.51. The molecule has 1 aromatic carbocycles. The molecule has 0 bridgehead atoms. The fraction of sp³-hybridized carbons (Fsp3) is 0.556. The van der Waals surface area contributed by atoms with Crippen molar-refractivity contribution >= 4 is 12.0 Å². The van der Waals surface area contributed by atoms with E-state index in [0.29, 0.717) is 39.0 Å². The lowest BCUT2D eigenvalue weighted by atomic mass is 10.1. The van der Waals surface area contributed by atoms with Gasteiger partial charge < -0.3 is 14.5 Å². The molecule has 0 spiro atoms. The number of hydrogen-bond acceptors (Lipinski definition) is 3. The van der Waals surface area contributed by atoms with E-state index in [1.807, 2.05) is 20.8 Å². The van der Waals surface area contributed by atoms with Gasteiger partial charge in [0.05, 0.1) is 0 Å². The Morgan fingerprint density at radius 3 is 2.12 bits per heavy atom. The normalized spacial score (nSPS) is 15.3. The van der Waals surface area contributed by atoms with Crippen LogP contribution in [-0.2, 0) is 16.0 Å². The topological polar surface area (TPSA) is 49.9 Å². The first-order chi connectivity index (χ1) is 11.2. The molecule has 2 rings (SSSR count). The summed E-state index contributed by atoms with van der Waals surface area (Å²) in [6.07, 6.45) is 0.643. The van der Waals surface area contributed by atoms with E-state index in [-0.39, 0.29) is 17.8 Å². The van der Waals surface area contributed by atoms with Crippen molar-refractivity contribution < 1.29 is 18.7 Å². The van der Waals surface area contributed by atoms with Crippen molar-refractivity contribution in [2.45, 2.75) is 39.2 Å². The van der Waals surface area contributed by atoms with Crippen molar-refractivity contribution in [2.24, 2.45) is 0 Å². The largest absolute Gasteiger partial charge is 0.444 e. The van der Waals surface area contributed by atoms with Crippen molar-refractivity contribution in [1.29, 1.82) is 0 Å². The number of benzene rings is 1. The summed E-state index contributed by atoms with van der Waals surface area (Å²) in [4.78, 5) is 27.7. The molecule has 1 saturated heterocycles. The third-order valence-electron chi connectivity index (χ3n) is 3.82. The summed E-state index contributed by atoms with van der Waals surface area (Å²) < 4.78 is 18.2. The first-order valence-corrected chi connectivity index (χ1v) is 8.25. The predicted octanol–water partition coefficient (Wildman–Crippen LogP) is 2.84. The summed E-state index contributed by atoms with van der Waals surface area (Å²) in [5.74, 6) is -0.216. The maximum atomic E-state index is 12.9. The van der Waals surface area contributed by atoms with Crippen LogP contribution in [0.3, 0.4) is 0 Å². The van der Waals surface area contributed by atoms with Gasteiger partial charge in [-0.25, -0.2) is 9.18 Å². The Bertz CT molecular complexity index is 573. The molecule has 2 amide bonds. The second kappa shape index (κ2) is 7.64. The van der Waals surface area contributed by atoms with Crippen LogP contribution in [0.15, 0.2) is 24.3 Å². The number of ether oxygens (including phenoxy) is 1. The van der Waals surface area contributed by atoms with Crippen LogP contribution in [-0.4, -0.2) is 53.6 Å². The minimum Gasteiger partial charge on any atom is -0.444 e. The molecular weight excluding hydrogens is 311 g/mol. The van der Waals surface area contributed by atoms with Crippen molar-refractivity contribution in [1.82, 2.24) is 9.80 Å². The van der Waals surface area contributed by atoms with E-state index < -0.39 is 5.60 Å². The summed E-state index contributed by atoms with van der Waals surface area (Å²) in [7, 11) is 0. The van der Waals surface area contributed by atoms with Crippen molar-refractivity contribution in [3.8, 4) is 0 Å². The van der Waals surface area contributed by atoms with Crippen LogP contribution in [0.1, 0.15) is 32.8 Å². The number of amides is 2. The third kappa shape index (κ3) is 5.51. The first-order valence-electron chi connectivity index (χ1n) is 8.25. The molecule has 0 aliphatic carbocycles. The summed E-state index contributed by atoms with van der Waals surface area (Å²) in [6, 6.07) is 6.20. The van der Waals surface area contributed by atoms with Crippen LogP contribution >= 0.6 is 0 Å². The number of piperazine rings is 1. The molecule has 0 N–H and O–H groups in total. The molecule has 1 fully saturated rings. The minimum atomic E-state index is -0.515. The zero-order chi connectivity index (χ0) is 17.7. The van der Waals surface area contributed by atoms with E-state index in [2.05, 4.69) is 0 Å². The van der Waals surface area contributed by atoms with Crippen LogP contribution in [0.4, 0.5) is 9.18 Å². The Kier molecular flexibility index (Phi) is 5.80. The van der Waals surface area contributed by atoms with E-state index in [1.54, 1.807) is 21.9 Å². The van der Waals surface area contributed by atoms with Gasteiger partial charge in [-0.2, -0.15) is 0 Å². The number of rotatable bonds is 3. The van der Waals surface area contributed by atoms with E-state index in [0.717, 1.165) is 5.56 Å². The number of carbonyl (C=O) groups is 2. The van der Waals surface area contributed by atoms with Crippen LogP contribution in [0.25, 0.3) is 0 Å². The van der Waals surface area contributed by atoms with Crippen LogP contribution in [0.5, 0.6) is 0 Å². The standard InChI is InChI=1S/C18H25FN2O3/c1-18(2,3)24-17(23)21-12-10-20(11-13-21)16(22)9-6-14-4-7-15(19)8-5-14/h4-5,7-8H,6,9-13H2,1-3H3. The molecule has 1 aliphatic rings. The molecule has 0 atom stereocenters. The monoisotopic (exact) mass is 336 g/mol. The maximum absolute atomic E-state index is 12.9. The SMILES string of the molecule is CC(C)(C)OC(=O)N1CCN(C(=O)CCc2ccc(F)cc2)CC1. The summed E-state index contributed by atoms with van der Waals surface area (Å²) >= 11 is 0. The molecule has 5 nitrogen and oxygen atoms in total. The molecule has 0 radical (unpaired) electrons. The Hall–Kier alpha value is -2.11. The zero-order valence-corrected chi connectivity index (χ0v) is 14.5. The number of aryl methyl sites for hydroxylation is 1. The molecule has 1 aliphatic heterocycles. The molecule has 0 aromatic heterocycles. The van der Waals surface area contributed by atoms with E-state index in [9.17, 15) is 14.0 Å². The lowest BCUT2D eigenvalue weighted by Gasteiger charge is -2.35. The highest BCUT2D eigenvalue weighted by molar-refractivity contribution is 5.77. The molecule has 24 heavy (non-hydrogen) atoms. The van der Waals surface area contributed by atoms with Gasteiger partial charge in [-0.3, -0.25) is 4.79 Å². The molecule has 0 unspecified atom stereocenters. The summed E-state index contributed by atoms with van der Waals surface area (Å²) in [5.41, 5.74) is 0.427. The fourth-order valence-corrected chi connectivity index (χ4v) is 2.53. The second-order valence-electron chi connectivity index (χ2n) is 6.97. The van der Waals surface area contributed by atoms with Gasteiger partial charge >= 0.3 is 6.09 Å². The Balaban J connectivity index is 1.76. The Morgan fingerprint density at radius 1 is 1.04 bits per heavy atom. The maximum Gasteiger partial charge on any atom is 0.410 e. The number of carbonyl (C=O) groups excluding carboxylic acids is 2. The molecule has 1 aromatic rings.